The average Bonchev–Trinajstić information content (AvgIpc) is 3.18. The normalized spacial score (nSPS) is 15.0. The lowest BCUT2D eigenvalue weighted by Crippen LogP contribution is -2.27. The lowest BCUT2D eigenvalue weighted by Gasteiger charge is -2.15. The predicted molar refractivity (Wildman–Crippen MR) is 90.3 cm³/mol. The highest BCUT2D eigenvalue weighted by Crippen LogP contribution is 2.28. The zero-order valence-electron chi connectivity index (χ0n) is 13.7. The van der Waals surface area contributed by atoms with Crippen LogP contribution in [0.3, 0.4) is 0 Å². The third-order valence-electron chi connectivity index (χ3n) is 3.78. The number of aromatic nitrogens is 2. The summed E-state index contributed by atoms with van der Waals surface area (Å²) in [4.78, 5) is 18.6. The highest BCUT2D eigenvalue weighted by atomic mass is 32.1. The summed E-state index contributed by atoms with van der Waals surface area (Å²) >= 11 is 1.24. The van der Waals surface area contributed by atoms with Gasteiger partial charge in [0.2, 0.25) is 0 Å². The van der Waals surface area contributed by atoms with E-state index in [0.29, 0.717) is 16.5 Å². The minimum Gasteiger partial charge on any atom is -0.430 e. The number of nitrogens with zero attached hydrogens (tertiary/aromatic N) is 3. The van der Waals surface area contributed by atoms with Gasteiger partial charge >= 0.3 is 0 Å². The Morgan fingerprint density at radius 1 is 1.17 bits per heavy atom. The van der Waals surface area contributed by atoms with Crippen molar-refractivity contribution in [2.75, 3.05) is 13.1 Å². The van der Waals surface area contributed by atoms with Gasteiger partial charge in [0.1, 0.15) is 5.75 Å². The number of rotatable bonds is 3. The van der Waals surface area contributed by atoms with Crippen molar-refractivity contribution in [3.63, 3.8) is 0 Å². The van der Waals surface area contributed by atoms with Gasteiger partial charge in [-0.05, 0) is 37.1 Å². The van der Waals surface area contributed by atoms with Gasteiger partial charge in [0.15, 0.2) is 5.82 Å². The van der Waals surface area contributed by atoms with E-state index in [1.807, 2.05) is 29.2 Å². The Labute approximate surface area is 140 Å². The van der Waals surface area contributed by atoms with Crippen LogP contribution in [0.5, 0.6) is 10.9 Å². The largest absolute Gasteiger partial charge is 0.430 e. The molecule has 3 rings (SSSR count). The molecule has 1 aromatic heterocycles. The van der Waals surface area contributed by atoms with E-state index in [0.717, 1.165) is 31.8 Å². The van der Waals surface area contributed by atoms with Crippen LogP contribution in [0.15, 0.2) is 24.3 Å². The highest BCUT2D eigenvalue weighted by Gasteiger charge is 2.21. The summed E-state index contributed by atoms with van der Waals surface area (Å²) in [6.45, 7) is 7.92. The Kier molecular flexibility index (Phi) is 4.35. The van der Waals surface area contributed by atoms with Crippen molar-refractivity contribution in [3.8, 4) is 10.9 Å². The SMILES string of the molecule is CC(C)(C)c1nsc(Oc2ccc(C(=O)N3CCCC3)cc2)n1. The van der Waals surface area contributed by atoms with Gasteiger partial charge in [-0.15, -0.1) is 0 Å². The van der Waals surface area contributed by atoms with Crippen molar-refractivity contribution in [1.29, 1.82) is 0 Å². The first-order valence-corrected chi connectivity index (χ1v) is 8.62. The Bertz CT molecular complexity index is 683. The molecule has 1 saturated heterocycles. The first-order valence-electron chi connectivity index (χ1n) is 7.85. The number of benzene rings is 1. The van der Waals surface area contributed by atoms with E-state index in [9.17, 15) is 4.79 Å². The van der Waals surface area contributed by atoms with Gasteiger partial charge in [-0.3, -0.25) is 4.79 Å². The zero-order valence-corrected chi connectivity index (χ0v) is 14.5. The molecule has 1 amide bonds. The van der Waals surface area contributed by atoms with Crippen molar-refractivity contribution >= 4 is 17.4 Å². The van der Waals surface area contributed by atoms with E-state index >= 15 is 0 Å². The van der Waals surface area contributed by atoms with Crippen LogP contribution >= 0.6 is 11.5 Å². The van der Waals surface area contributed by atoms with Crippen LogP contribution in [0.25, 0.3) is 0 Å². The third-order valence-corrected chi connectivity index (χ3v) is 4.37. The fourth-order valence-corrected chi connectivity index (χ4v) is 3.16. The molecule has 0 bridgehead atoms. The predicted octanol–water partition coefficient (Wildman–Crippen LogP) is 3.86. The molecule has 23 heavy (non-hydrogen) atoms. The summed E-state index contributed by atoms with van der Waals surface area (Å²) in [6.07, 6.45) is 2.19. The number of carbonyl (C=O) groups excluding carboxylic acids is 1. The molecule has 0 spiro atoms. The molecule has 0 saturated carbocycles. The molecule has 0 radical (unpaired) electrons. The quantitative estimate of drug-likeness (QED) is 0.857. The van der Waals surface area contributed by atoms with E-state index in [1.54, 1.807) is 0 Å². The number of carbonyl (C=O) groups is 1. The van der Waals surface area contributed by atoms with Gasteiger partial charge in [0.25, 0.3) is 11.1 Å². The standard InChI is InChI=1S/C17H21N3O2S/c1-17(2,3)15-18-16(23-19-15)22-13-8-6-12(7-9-13)14(21)20-10-4-5-11-20/h6-9H,4-5,10-11H2,1-3H3. The van der Waals surface area contributed by atoms with Gasteiger partial charge < -0.3 is 9.64 Å². The number of hydrogen-bond acceptors (Lipinski definition) is 5. The van der Waals surface area contributed by atoms with Crippen LogP contribution in [0.2, 0.25) is 0 Å². The summed E-state index contributed by atoms with van der Waals surface area (Å²) in [5, 5.41) is 0.522. The Hall–Kier alpha value is -1.95. The minimum atomic E-state index is -0.0931. The van der Waals surface area contributed by atoms with Crippen LogP contribution < -0.4 is 4.74 Å². The van der Waals surface area contributed by atoms with Crippen LogP contribution in [0.1, 0.15) is 49.8 Å². The molecule has 2 aromatic rings. The van der Waals surface area contributed by atoms with E-state index in [4.69, 9.17) is 4.74 Å². The van der Waals surface area contributed by atoms with Crippen LogP contribution in [-0.2, 0) is 5.41 Å². The van der Waals surface area contributed by atoms with E-state index < -0.39 is 0 Å². The first kappa shape index (κ1) is 15.9. The molecule has 1 fully saturated rings. The monoisotopic (exact) mass is 331 g/mol. The topological polar surface area (TPSA) is 55.3 Å². The maximum atomic E-state index is 12.3. The zero-order chi connectivity index (χ0) is 16.4. The maximum Gasteiger partial charge on any atom is 0.298 e. The van der Waals surface area contributed by atoms with Crippen molar-refractivity contribution < 1.29 is 9.53 Å². The smallest absolute Gasteiger partial charge is 0.298 e. The van der Waals surface area contributed by atoms with Gasteiger partial charge in [-0.2, -0.15) is 9.36 Å². The van der Waals surface area contributed by atoms with Crippen LogP contribution in [0.4, 0.5) is 0 Å². The van der Waals surface area contributed by atoms with E-state index in [1.165, 1.54) is 11.5 Å². The molecule has 1 aliphatic heterocycles. The van der Waals surface area contributed by atoms with E-state index in [2.05, 4.69) is 30.1 Å². The summed E-state index contributed by atoms with van der Waals surface area (Å²) < 4.78 is 10.1. The molecular weight excluding hydrogens is 310 g/mol. The molecule has 0 N–H and O–H groups in total. The minimum absolute atomic E-state index is 0.0931. The lowest BCUT2D eigenvalue weighted by atomic mass is 9.96. The molecule has 1 aliphatic rings. The summed E-state index contributed by atoms with van der Waals surface area (Å²) in [5.74, 6) is 1.54. The van der Waals surface area contributed by atoms with Crippen LogP contribution in [-0.4, -0.2) is 33.3 Å². The molecule has 0 unspecified atom stereocenters. The molecule has 2 heterocycles. The van der Waals surface area contributed by atoms with Gasteiger partial charge in [-0.25, -0.2) is 0 Å². The molecule has 6 heteroatoms. The number of likely N-dealkylation sites (tertiary alicyclic amines) is 1. The Morgan fingerprint density at radius 3 is 2.39 bits per heavy atom. The second-order valence-electron chi connectivity index (χ2n) is 6.76. The number of hydrogen-bond donors (Lipinski definition) is 0. The molecule has 0 atom stereocenters. The van der Waals surface area contributed by atoms with Crippen molar-refractivity contribution in [1.82, 2.24) is 14.3 Å². The highest BCUT2D eigenvalue weighted by molar-refractivity contribution is 7.07. The fourth-order valence-electron chi connectivity index (χ4n) is 2.42. The Morgan fingerprint density at radius 2 is 1.83 bits per heavy atom. The second kappa shape index (κ2) is 6.28. The van der Waals surface area contributed by atoms with Gasteiger partial charge in [0, 0.05) is 35.6 Å². The molecule has 0 aliphatic carbocycles. The van der Waals surface area contributed by atoms with Crippen molar-refractivity contribution in [2.45, 2.75) is 39.0 Å². The lowest BCUT2D eigenvalue weighted by molar-refractivity contribution is 0.0793. The van der Waals surface area contributed by atoms with Crippen LogP contribution in [0, 0.1) is 0 Å². The fraction of sp³-hybridized carbons (Fsp3) is 0.471. The molecular formula is C17H21N3O2S. The summed E-state index contributed by atoms with van der Waals surface area (Å²) in [5.41, 5.74) is 0.608. The van der Waals surface area contributed by atoms with Gasteiger partial charge in [-0.1, -0.05) is 20.8 Å². The number of ether oxygens (including phenoxy) is 1. The first-order chi connectivity index (χ1) is 10.9. The van der Waals surface area contributed by atoms with Gasteiger partial charge in [0.05, 0.1) is 0 Å². The Balaban J connectivity index is 1.67. The molecule has 5 nitrogen and oxygen atoms in total. The summed E-state index contributed by atoms with van der Waals surface area (Å²) in [7, 11) is 0. The molecule has 1 aromatic carbocycles. The molecule has 122 valence electrons. The van der Waals surface area contributed by atoms with Crippen molar-refractivity contribution in [2.24, 2.45) is 0 Å². The maximum absolute atomic E-state index is 12.3. The van der Waals surface area contributed by atoms with E-state index in [-0.39, 0.29) is 11.3 Å². The number of amides is 1. The third kappa shape index (κ3) is 3.69. The van der Waals surface area contributed by atoms with Crippen molar-refractivity contribution in [3.05, 3.63) is 35.7 Å². The average molecular weight is 331 g/mol. The summed E-state index contributed by atoms with van der Waals surface area (Å²) in [6, 6.07) is 7.23. The second-order valence-corrected chi connectivity index (χ2v) is 7.47.